The highest BCUT2D eigenvalue weighted by molar-refractivity contribution is 7.14. The lowest BCUT2D eigenvalue weighted by atomic mass is 10.0. The average molecular weight is 370 g/mol. The van der Waals surface area contributed by atoms with Crippen LogP contribution in [0, 0.1) is 5.92 Å². The van der Waals surface area contributed by atoms with Crippen LogP contribution in [0.2, 0.25) is 0 Å². The van der Waals surface area contributed by atoms with E-state index >= 15 is 0 Å². The molecule has 2 atom stereocenters. The molecule has 4 aromatic rings. The van der Waals surface area contributed by atoms with E-state index in [0.29, 0.717) is 11.0 Å². The molecule has 3 nitrogen and oxygen atoms in total. The van der Waals surface area contributed by atoms with E-state index in [0.717, 1.165) is 17.7 Å². The minimum absolute atomic E-state index is 0.0531. The van der Waals surface area contributed by atoms with Gasteiger partial charge in [-0.1, -0.05) is 72.8 Å². The summed E-state index contributed by atoms with van der Waals surface area (Å²) in [6.45, 7) is 0. The molecule has 1 heterocycles. The van der Waals surface area contributed by atoms with Gasteiger partial charge < -0.3 is 5.32 Å². The van der Waals surface area contributed by atoms with E-state index in [-0.39, 0.29) is 11.8 Å². The van der Waals surface area contributed by atoms with Crippen LogP contribution in [0.5, 0.6) is 0 Å². The molecule has 0 bridgehead atoms. The molecule has 1 saturated carbocycles. The van der Waals surface area contributed by atoms with Gasteiger partial charge in [-0.15, -0.1) is 11.3 Å². The molecular weight excluding hydrogens is 352 g/mol. The molecule has 0 spiro atoms. The normalized spacial score (nSPS) is 18.4. The summed E-state index contributed by atoms with van der Waals surface area (Å²) in [6, 6.07) is 24.8. The van der Waals surface area contributed by atoms with Crippen molar-refractivity contribution >= 4 is 33.1 Å². The molecule has 132 valence electrons. The first-order chi connectivity index (χ1) is 13.3. The zero-order chi connectivity index (χ0) is 18.2. The predicted octanol–water partition coefficient (Wildman–Crippen LogP) is 5.71. The number of nitrogens with one attached hydrogen (secondary N) is 1. The number of amides is 1. The Morgan fingerprint density at radius 3 is 2.63 bits per heavy atom. The third-order valence-corrected chi connectivity index (χ3v) is 5.91. The van der Waals surface area contributed by atoms with Crippen molar-refractivity contribution in [3.05, 3.63) is 83.7 Å². The van der Waals surface area contributed by atoms with Crippen molar-refractivity contribution in [2.24, 2.45) is 5.92 Å². The minimum atomic E-state index is 0.0531. The standard InChI is InChI=1S/C23H18N2OS/c26-22(20-13-19(20)16-7-2-1-3-8-16)25-23-24-21(14-27-23)18-12-6-10-15-9-4-5-11-17(15)18/h1-12,14,19-20H,13H2,(H,24,25,26)/t19-,20+/m0/s1. The maximum atomic E-state index is 12.6. The highest BCUT2D eigenvalue weighted by Gasteiger charge is 2.44. The summed E-state index contributed by atoms with van der Waals surface area (Å²) in [4.78, 5) is 17.2. The Labute approximate surface area is 161 Å². The fourth-order valence-corrected chi connectivity index (χ4v) is 4.37. The SMILES string of the molecule is O=C(Nc1nc(-c2cccc3ccccc23)cs1)[C@@H]1C[C@H]1c1ccccc1. The molecule has 0 radical (unpaired) electrons. The lowest BCUT2D eigenvalue weighted by Crippen LogP contribution is -2.14. The summed E-state index contributed by atoms with van der Waals surface area (Å²) >= 11 is 1.48. The van der Waals surface area contributed by atoms with Crippen molar-refractivity contribution in [2.75, 3.05) is 5.32 Å². The number of aromatic nitrogens is 1. The van der Waals surface area contributed by atoms with Crippen molar-refractivity contribution < 1.29 is 4.79 Å². The monoisotopic (exact) mass is 370 g/mol. The van der Waals surface area contributed by atoms with E-state index in [1.165, 1.54) is 27.7 Å². The largest absolute Gasteiger partial charge is 0.302 e. The van der Waals surface area contributed by atoms with E-state index in [1.807, 2.05) is 41.8 Å². The molecule has 1 aromatic heterocycles. The van der Waals surface area contributed by atoms with Gasteiger partial charge >= 0.3 is 0 Å². The Hall–Kier alpha value is -2.98. The number of carbonyl (C=O) groups is 1. The number of hydrogen-bond acceptors (Lipinski definition) is 3. The van der Waals surface area contributed by atoms with E-state index in [1.54, 1.807) is 0 Å². The summed E-state index contributed by atoms with van der Waals surface area (Å²) in [5, 5.41) is 8.06. The zero-order valence-corrected chi connectivity index (χ0v) is 15.4. The van der Waals surface area contributed by atoms with Gasteiger partial charge in [-0.25, -0.2) is 4.98 Å². The third kappa shape index (κ3) is 3.13. The van der Waals surface area contributed by atoms with Crippen LogP contribution in [0.1, 0.15) is 17.9 Å². The second kappa shape index (κ2) is 6.63. The maximum absolute atomic E-state index is 12.6. The van der Waals surface area contributed by atoms with E-state index in [4.69, 9.17) is 0 Å². The smallest absolute Gasteiger partial charge is 0.229 e. The van der Waals surface area contributed by atoms with Gasteiger partial charge in [0, 0.05) is 16.9 Å². The molecule has 5 rings (SSSR count). The van der Waals surface area contributed by atoms with Gasteiger partial charge in [0.2, 0.25) is 5.91 Å². The number of benzene rings is 3. The number of nitrogens with zero attached hydrogens (tertiary/aromatic N) is 1. The van der Waals surface area contributed by atoms with Gasteiger partial charge in [-0.2, -0.15) is 0 Å². The fourth-order valence-electron chi connectivity index (χ4n) is 3.66. The lowest BCUT2D eigenvalue weighted by Gasteiger charge is -2.04. The Bertz CT molecular complexity index is 1110. The van der Waals surface area contributed by atoms with Gasteiger partial charge in [0.1, 0.15) is 0 Å². The van der Waals surface area contributed by atoms with Gasteiger partial charge in [-0.3, -0.25) is 4.79 Å². The minimum Gasteiger partial charge on any atom is -0.302 e. The Balaban J connectivity index is 1.34. The summed E-state index contributed by atoms with van der Waals surface area (Å²) < 4.78 is 0. The number of anilines is 1. The number of carbonyl (C=O) groups excluding carboxylic acids is 1. The zero-order valence-electron chi connectivity index (χ0n) is 14.6. The van der Waals surface area contributed by atoms with Crippen LogP contribution in [0.25, 0.3) is 22.0 Å². The summed E-state index contributed by atoms with van der Waals surface area (Å²) in [5.74, 6) is 0.462. The van der Waals surface area contributed by atoms with E-state index < -0.39 is 0 Å². The van der Waals surface area contributed by atoms with Crippen LogP contribution in [0.3, 0.4) is 0 Å². The molecule has 1 amide bonds. The molecule has 4 heteroatoms. The lowest BCUT2D eigenvalue weighted by molar-refractivity contribution is -0.117. The highest BCUT2D eigenvalue weighted by atomic mass is 32.1. The summed E-state index contributed by atoms with van der Waals surface area (Å²) in [5.41, 5.74) is 3.24. The highest BCUT2D eigenvalue weighted by Crippen LogP contribution is 2.48. The Morgan fingerprint density at radius 2 is 1.74 bits per heavy atom. The van der Waals surface area contributed by atoms with Crippen LogP contribution in [0.15, 0.2) is 78.2 Å². The molecule has 0 aliphatic heterocycles. The number of thiazole rings is 1. The van der Waals surface area contributed by atoms with Crippen molar-refractivity contribution in [2.45, 2.75) is 12.3 Å². The van der Waals surface area contributed by atoms with Crippen molar-refractivity contribution in [3.63, 3.8) is 0 Å². The second-order valence-electron chi connectivity index (χ2n) is 6.91. The molecule has 1 fully saturated rings. The number of fused-ring (bicyclic) bond motifs is 1. The molecule has 0 unspecified atom stereocenters. The van der Waals surface area contributed by atoms with Gasteiger partial charge in [0.15, 0.2) is 5.13 Å². The van der Waals surface area contributed by atoms with Gasteiger partial charge in [-0.05, 0) is 28.7 Å². The molecule has 1 aliphatic carbocycles. The quantitative estimate of drug-likeness (QED) is 0.500. The first kappa shape index (κ1) is 16.2. The van der Waals surface area contributed by atoms with Crippen LogP contribution < -0.4 is 5.32 Å². The first-order valence-electron chi connectivity index (χ1n) is 9.09. The van der Waals surface area contributed by atoms with Crippen LogP contribution in [0.4, 0.5) is 5.13 Å². The van der Waals surface area contributed by atoms with Crippen molar-refractivity contribution in [1.82, 2.24) is 4.98 Å². The summed E-state index contributed by atoms with van der Waals surface area (Å²) in [7, 11) is 0. The third-order valence-electron chi connectivity index (χ3n) is 5.15. The Morgan fingerprint density at radius 1 is 0.963 bits per heavy atom. The van der Waals surface area contributed by atoms with Crippen molar-refractivity contribution in [1.29, 1.82) is 0 Å². The second-order valence-corrected chi connectivity index (χ2v) is 7.77. The number of rotatable bonds is 4. The first-order valence-corrected chi connectivity index (χ1v) is 9.97. The molecule has 3 aromatic carbocycles. The van der Waals surface area contributed by atoms with Crippen molar-refractivity contribution in [3.8, 4) is 11.3 Å². The van der Waals surface area contributed by atoms with E-state index in [2.05, 4.69) is 46.7 Å². The maximum Gasteiger partial charge on any atom is 0.229 e. The van der Waals surface area contributed by atoms with Gasteiger partial charge in [0.25, 0.3) is 0 Å². The van der Waals surface area contributed by atoms with Crippen LogP contribution in [-0.2, 0) is 4.79 Å². The van der Waals surface area contributed by atoms with Crippen LogP contribution >= 0.6 is 11.3 Å². The van der Waals surface area contributed by atoms with E-state index in [9.17, 15) is 4.79 Å². The molecule has 1 N–H and O–H groups in total. The average Bonchev–Trinajstić information content (AvgIpc) is 3.40. The molecular formula is C23H18N2OS. The molecule has 0 saturated heterocycles. The fraction of sp³-hybridized carbons (Fsp3) is 0.130. The number of hydrogen-bond donors (Lipinski definition) is 1. The topological polar surface area (TPSA) is 42.0 Å². The summed E-state index contributed by atoms with van der Waals surface area (Å²) in [6.07, 6.45) is 0.914. The van der Waals surface area contributed by atoms with Gasteiger partial charge in [0.05, 0.1) is 5.69 Å². The van der Waals surface area contributed by atoms with Crippen LogP contribution in [-0.4, -0.2) is 10.9 Å². The predicted molar refractivity (Wildman–Crippen MR) is 111 cm³/mol. The molecule has 27 heavy (non-hydrogen) atoms. The Kier molecular flexibility index (Phi) is 3.98. The molecule has 1 aliphatic rings.